The normalized spacial score (nSPS) is 14.8. The van der Waals surface area contributed by atoms with E-state index in [2.05, 4.69) is 6.92 Å². The van der Waals surface area contributed by atoms with Crippen molar-refractivity contribution >= 4 is 40.6 Å². The second-order valence-corrected chi connectivity index (χ2v) is 8.41. The lowest BCUT2D eigenvalue weighted by Crippen LogP contribution is -2.32. The van der Waals surface area contributed by atoms with Gasteiger partial charge in [0.1, 0.15) is 12.4 Å². The van der Waals surface area contributed by atoms with Crippen LogP contribution >= 0.6 is 23.4 Å². The minimum Gasteiger partial charge on any atom is -0.492 e. The summed E-state index contributed by atoms with van der Waals surface area (Å²) in [5, 5.41) is 0.298. The van der Waals surface area contributed by atoms with Crippen molar-refractivity contribution in [2.75, 3.05) is 26.4 Å². The summed E-state index contributed by atoms with van der Waals surface area (Å²) in [6.45, 7) is 5.49. The van der Waals surface area contributed by atoms with Crippen LogP contribution in [0.2, 0.25) is 5.02 Å². The molecule has 0 aliphatic carbocycles. The summed E-state index contributed by atoms with van der Waals surface area (Å²) in [7, 11) is 0. The molecule has 1 aliphatic rings. The van der Waals surface area contributed by atoms with Crippen molar-refractivity contribution < 1.29 is 23.8 Å². The Morgan fingerprint density at radius 1 is 0.969 bits per heavy atom. The first kappa shape index (κ1) is 24.0. The molecule has 0 unspecified atom stereocenters. The summed E-state index contributed by atoms with van der Waals surface area (Å²) in [5.74, 6) is 1.58. The fourth-order valence-corrected chi connectivity index (χ4v) is 3.95. The largest absolute Gasteiger partial charge is 0.492 e. The standard InChI is InChI=1S/C24H26ClNO5S/c1-3-5-13-31-20-11-6-17(15-21(20)29-4-2)16-22-23(27)26(24(28)32-22)12-14-30-19-9-7-18(25)8-10-19/h6-11,15-16H,3-5,12-14H2,1-2H3/b22-16-. The molecule has 0 spiro atoms. The molecule has 1 heterocycles. The zero-order valence-electron chi connectivity index (χ0n) is 18.1. The predicted molar refractivity (Wildman–Crippen MR) is 128 cm³/mol. The Labute approximate surface area is 197 Å². The van der Waals surface area contributed by atoms with Crippen LogP contribution in [0.15, 0.2) is 47.4 Å². The summed E-state index contributed by atoms with van der Waals surface area (Å²) in [5.41, 5.74) is 0.763. The van der Waals surface area contributed by atoms with E-state index in [1.54, 1.807) is 30.3 Å². The van der Waals surface area contributed by atoms with Crippen molar-refractivity contribution in [3.8, 4) is 17.2 Å². The highest BCUT2D eigenvalue weighted by Crippen LogP contribution is 2.34. The van der Waals surface area contributed by atoms with E-state index in [-0.39, 0.29) is 24.3 Å². The molecule has 0 N–H and O–H groups in total. The van der Waals surface area contributed by atoms with Crippen LogP contribution in [0.1, 0.15) is 32.3 Å². The number of nitrogens with zero attached hydrogens (tertiary/aromatic N) is 1. The van der Waals surface area contributed by atoms with E-state index in [1.807, 2.05) is 25.1 Å². The van der Waals surface area contributed by atoms with Gasteiger partial charge >= 0.3 is 0 Å². The average molecular weight is 476 g/mol. The first-order chi connectivity index (χ1) is 15.5. The minimum absolute atomic E-state index is 0.166. The number of benzene rings is 2. The van der Waals surface area contributed by atoms with Crippen LogP contribution in [0.5, 0.6) is 17.2 Å². The molecule has 2 aromatic rings. The number of ether oxygens (including phenoxy) is 3. The van der Waals surface area contributed by atoms with E-state index in [4.69, 9.17) is 25.8 Å². The fraction of sp³-hybridized carbons (Fsp3) is 0.333. The van der Waals surface area contributed by atoms with Gasteiger partial charge in [-0.2, -0.15) is 0 Å². The van der Waals surface area contributed by atoms with Crippen LogP contribution in [-0.4, -0.2) is 42.4 Å². The summed E-state index contributed by atoms with van der Waals surface area (Å²) in [6, 6.07) is 12.4. The Kier molecular flexibility index (Phi) is 8.88. The molecule has 1 aliphatic heterocycles. The van der Waals surface area contributed by atoms with Crippen molar-refractivity contribution in [2.45, 2.75) is 26.7 Å². The Balaban J connectivity index is 1.65. The van der Waals surface area contributed by atoms with Crippen molar-refractivity contribution in [2.24, 2.45) is 0 Å². The molecule has 2 aromatic carbocycles. The summed E-state index contributed by atoms with van der Waals surface area (Å²) in [4.78, 5) is 26.7. The van der Waals surface area contributed by atoms with Crippen LogP contribution < -0.4 is 14.2 Å². The van der Waals surface area contributed by atoms with Gasteiger partial charge in [-0.15, -0.1) is 0 Å². The van der Waals surface area contributed by atoms with Crippen LogP contribution in [0.4, 0.5) is 4.79 Å². The quantitative estimate of drug-likeness (QED) is 0.292. The molecular weight excluding hydrogens is 450 g/mol. The molecule has 6 nitrogen and oxygen atoms in total. The van der Waals surface area contributed by atoms with Gasteiger partial charge in [0, 0.05) is 5.02 Å². The third kappa shape index (κ3) is 6.43. The van der Waals surface area contributed by atoms with Gasteiger partial charge in [0.05, 0.1) is 24.7 Å². The number of halogens is 1. The number of imide groups is 1. The summed E-state index contributed by atoms with van der Waals surface area (Å²) >= 11 is 6.78. The summed E-state index contributed by atoms with van der Waals surface area (Å²) in [6.07, 6.45) is 3.70. The van der Waals surface area contributed by atoms with E-state index in [1.165, 1.54) is 4.90 Å². The van der Waals surface area contributed by atoms with Gasteiger partial charge in [0.15, 0.2) is 11.5 Å². The van der Waals surface area contributed by atoms with Gasteiger partial charge in [0.25, 0.3) is 11.1 Å². The molecule has 0 saturated carbocycles. The number of rotatable bonds is 11. The van der Waals surface area contributed by atoms with Gasteiger partial charge < -0.3 is 14.2 Å². The molecule has 0 atom stereocenters. The van der Waals surface area contributed by atoms with Gasteiger partial charge in [0.2, 0.25) is 0 Å². The zero-order chi connectivity index (χ0) is 22.9. The van der Waals surface area contributed by atoms with Crippen LogP contribution in [0.25, 0.3) is 6.08 Å². The van der Waals surface area contributed by atoms with Gasteiger partial charge in [-0.1, -0.05) is 31.0 Å². The van der Waals surface area contributed by atoms with E-state index in [0.29, 0.717) is 40.4 Å². The topological polar surface area (TPSA) is 65.1 Å². The minimum atomic E-state index is -0.332. The zero-order valence-corrected chi connectivity index (χ0v) is 19.7. The number of thioether (sulfide) groups is 1. The van der Waals surface area contributed by atoms with Gasteiger partial charge in [-0.05, 0) is 73.1 Å². The van der Waals surface area contributed by atoms with E-state index >= 15 is 0 Å². The molecule has 0 bridgehead atoms. The molecule has 0 aromatic heterocycles. The van der Waals surface area contributed by atoms with Crippen molar-refractivity contribution in [3.63, 3.8) is 0 Å². The van der Waals surface area contributed by atoms with Gasteiger partial charge in [-0.3, -0.25) is 14.5 Å². The highest BCUT2D eigenvalue weighted by molar-refractivity contribution is 8.18. The lowest BCUT2D eigenvalue weighted by Gasteiger charge is -2.13. The maximum absolute atomic E-state index is 12.7. The second kappa shape index (κ2) is 11.8. The lowest BCUT2D eigenvalue weighted by molar-refractivity contribution is -0.123. The van der Waals surface area contributed by atoms with E-state index < -0.39 is 0 Å². The molecule has 32 heavy (non-hydrogen) atoms. The van der Waals surface area contributed by atoms with Crippen molar-refractivity contribution in [3.05, 3.63) is 58.0 Å². The second-order valence-electron chi connectivity index (χ2n) is 6.98. The maximum atomic E-state index is 12.7. The van der Waals surface area contributed by atoms with Crippen LogP contribution in [0, 0.1) is 0 Å². The third-order valence-electron chi connectivity index (χ3n) is 4.59. The van der Waals surface area contributed by atoms with Crippen molar-refractivity contribution in [1.29, 1.82) is 0 Å². The molecule has 170 valence electrons. The number of hydrogen-bond acceptors (Lipinski definition) is 6. The van der Waals surface area contributed by atoms with E-state index in [9.17, 15) is 9.59 Å². The smallest absolute Gasteiger partial charge is 0.293 e. The number of hydrogen-bond donors (Lipinski definition) is 0. The van der Waals surface area contributed by atoms with Crippen LogP contribution in [-0.2, 0) is 4.79 Å². The molecule has 2 amide bonds. The highest BCUT2D eigenvalue weighted by Gasteiger charge is 2.34. The van der Waals surface area contributed by atoms with Gasteiger partial charge in [-0.25, -0.2) is 0 Å². The average Bonchev–Trinajstić information content (AvgIpc) is 3.04. The molecule has 1 saturated heterocycles. The fourth-order valence-electron chi connectivity index (χ4n) is 2.96. The molecule has 8 heteroatoms. The highest BCUT2D eigenvalue weighted by atomic mass is 35.5. The Bertz CT molecular complexity index is 977. The third-order valence-corrected chi connectivity index (χ3v) is 5.75. The monoisotopic (exact) mass is 475 g/mol. The number of carbonyl (C=O) groups is 2. The molecule has 1 fully saturated rings. The Hall–Kier alpha value is -2.64. The Morgan fingerprint density at radius 3 is 2.47 bits per heavy atom. The molecular formula is C24H26ClNO5S. The first-order valence-corrected chi connectivity index (χ1v) is 11.7. The number of amides is 2. The number of carbonyl (C=O) groups excluding carboxylic acids is 2. The molecule has 0 radical (unpaired) electrons. The SMILES string of the molecule is CCCCOc1ccc(/C=C2\SC(=O)N(CCOc3ccc(Cl)cc3)C2=O)cc1OCC. The van der Waals surface area contributed by atoms with Crippen molar-refractivity contribution in [1.82, 2.24) is 4.90 Å². The summed E-state index contributed by atoms with van der Waals surface area (Å²) < 4.78 is 17.1. The lowest BCUT2D eigenvalue weighted by atomic mass is 10.2. The predicted octanol–water partition coefficient (Wildman–Crippen LogP) is 6.03. The first-order valence-electron chi connectivity index (χ1n) is 10.5. The maximum Gasteiger partial charge on any atom is 0.293 e. The van der Waals surface area contributed by atoms with E-state index in [0.717, 1.165) is 30.2 Å². The van der Waals surface area contributed by atoms with Crippen LogP contribution in [0.3, 0.4) is 0 Å². The molecule has 3 rings (SSSR count). The number of unbranched alkanes of at least 4 members (excludes halogenated alkanes) is 1. The Morgan fingerprint density at radius 2 is 1.75 bits per heavy atom.